The van der Waals surface area contributed by atoms with E-state index in [1.807, 2.05) is 0 Å². The van der Waals surface area contributed by atoms with Gasteiger partial charge in [0.2, 0.25) is 0 Å². The summed E-state index contributed by atoms with van der Waals surface area (Å²) in [5, 5.41) is 0. The molecule has 33 heavy (non-hydrogen) atoms. The van der Waals surface area contributed by atoms with Crippen molar-refractivity contribution >= 4 is 23.2 Å². The monoisotopic (exact) mass is 506 g/mol. The van der Waals surface area contributed by atoms with Crippen molar-refractivity contribution in [3.63, 3.8) is 0 Å². The maximum absolute atomic E-state index is 5.68. The summed E-state index contributed by atoms with van der Waals surface area (Å²) >= 11 is 11.4. The van der Waals surface area contributed by atoms with Gasteiger partial charge in [-0.05, 0) is 64.2 Å². The van der Waals surface area contributed by atoms with Gasteiger partial charge in [0, 0.05) is 25.0 Å². The van der Waals surface area contributed by atoms with Crippen molar-refractivity contribution in [2.45, 2.75) is 116 Å². The van der Waals surface area contributed by atoms with Gasteiger partial charge in [0.15, 0.2) is 0 Å². The molecule has 0 N–H and O–H groups in total. The number of hydrogen-bond donors (Lipinski definition) is 0. The highest BCUT2D eigenvalue weighted by molar-refractivity contribution is 6.18. The van der Waals surface area contributed by atoms with E-state index in [-0.39, 0.29) is 0 Å². The Balaban J connectivity index is 3.11. The van der Waals surface area contributed by atoms with Crippen LogP contribution < -0.4 is 0 Å². The predicted molar refractivity (Wildman–Crippen MR) is 146 cm³/mol. The average molecular weight is 508 g/mol. The third kappa shape index (κ3) is 31.9. The van der Waals surface area contributed by atoms with Crippen LogP contribution >= 0.6 is 23.2 Å². The third-order valence-electron chi connectivity index (χ3n) is 5.49. The van der Waals surface area contributed by atoms with Crippen molar-refractivity contribution in [3.8, 4) is 0 Å². The third-order valence-corrected chi connectivity index (χ3v) is 6.03. The van der Waals surface area contributed by atoms with Gasteiger partial charge in [-0.15, -0.1) is 23.2 Å². The van der Waals surface area contributed by atoms with E-state index in [0.717, 1.165) is 63.5 Å². The van der Waals surface area contributed by atoms with E-state index < -0.39 is 0 Å². The topological polar surface area (TPSA) is 27.7 Å². The Kier molecular flexibility index (Phi) is 31.9. The first-order valence-corrected chi connectivity index (χ1v) is 14.6. The van der Waals surface area contributed by atoms with E-state index in [2.05, 4.69) is 24.3 Å². The molecule has 0 aliphatic rings. The molecule has 0 aliphatic heterocycles. The van der Waals surface area contributed by atoms with Crippen molar-refractivity contribution in [3.05, 3.63) is 24.3 Å². The van der Waals surface area contributed by atoms with E-state index in [1.54, 1.807) is 0 Å². The zero-order valence-corrected chi connectivity index (χ0v) is 22.8. The molecule has 0 rings (SSSR count). The molecule has 3 nitrogen and oxygen atoms in total. The highest BCUT2D eigenvalue weighted by Crippen LogP contribution is 2.09. The summed E-state index contributed by atoms with van der Waals surface area (Å²) in [4.78, 5) is 0. The average Bonchev–Trinajstić information content (AvgIpc) is 2.83. The van der Waals surface area contributed by atoms with E-state index in [9.17, 15) is 0 Å². The second-order valence-electron chi connectivity index (χ2n) is 8.68. The quantitative estimate of drug-likeness (QED) is 0.0457. The molecule has 0 aromatic rings. The summed E-state index contributed by atoms with van der Waals surface area (Å²) in [5.74, 6) is 1.61. The van der Waals surface area contributed by atoms with Crippen LogP contribution in [0.4, 0.5) is 0 Å². The van der Waals surface area contributed by atoms with Crippen molar-refractivity contribution in [2.75, 3.05) is 38.6 Å². The molecule has 0 aromatic carbocycles. The van der Waals surface area contributed by atoms with Gasteiger partial charge in [0.25, 0.3) is 0 Å². The van der Waals surface area contributed by atoms with Crippen molar-refractivity contribution < 1.29 is 14.2 Å². The Morgan fingerprint density at radius 1 is 0.364 bits per heavy atom. The summed E-state index contributed by atoms with van der Waals surface area (Å²) < 4.78 is 16.3. The van der Waals surface area contributed by atoms with Crippen LogP contribution in [0.25, 0.3) is 0 Å². The summed E-state index contributed by atoms with van der Waals surface area (Å²) in [6, 6.07) is 0. The van der Waals surface area contributed by atoms with Crippen LogP contribution in [0.5, 0.6) is 0 Å². The predicted octanol–water partition coefficient (Wildman–Crippen LogP) is 9.56. The lowest BCUT2D eigenvalue weighted by Crippen LogP contribution is -2.06. The molecule has 0 fully saturated rings. The molecule has 0 atom stereocenters. The lowest BCUT2D eigenvalue weighted by molar-refractivity contribution is -0.131. The first-order valence-electron chi connectivity index (χ1n) is 13.6. The number of unbranched alkanes of at least 4 members (excludes halogenated alkanes) is 14. The molecule has 0 spiro atoms. The molecule has 0 saturated heterocycles. The highest BCUT2D eigenvalue weighted by Gasteiger charge is 1.93. The first-order chi connectivity index (χ1) is 16.4. The molecule has 0 unspecified atom stereocenters. The lowest BCUT2D eigenvalue weighted by atomic mass is 10.1. The molecule has 0 bridgehead atoms. The van der Waals surface area contributed by atoms with Gasteiger partial charge < -0.3 is 14.2 Å². The minimum Gasteiger partial charge on any atom is -0.355 e. The molecule has 0 amide bonds. The largest absolute Gasteiger partial charge is 0.355 e. The van der Waals surface area contributed by atoms with Crippen molar-refractivity contribution in [1.82, 2.24) is 0 Å². The molecule has 196 valence electrons. The summed E-state index contributed by atoms with van der Waals surface area (Å²) in [7, 11) is 0. The van der Waals surface area contributed by atoms with Gasteiger partial charge in [-0.25, -0.2) is 0 Å². The van der Waals surface area contributed by atoms with Crippen LogP contribution in [0.3, 0.4) is 0 Å². The van der Waals surface area contributed by atoms with Crippen LogP contribution in [-0.4, -0.2) is 38.6 Å². The van der Waals surface area contributed by atoms with E-state index in [4.69, 9.17) is 37.4 Å². The van der Waals surface area contributed by atoms with Gasteiger partial charge in [-0.3, -0.25) is 0 Å². The Hall–Kier alpha value is -0.0600. The molecule has 5 heteroatoms. The number of rotatable bonds is 28. The summed E-state index contributed by atoms with van der Waals surface area (Å²) in [6.45, 7) is 2.12. The van der Waals surface area contributed by atoms with Gasteiger partial charge in [-0.2, -0.15) is 0 Å². The summed E-state index contributed by atoms with van der Waals surface area (Å²) in [5.41, 5.74) is 0. The highest BCUT2D eigenvalue weighted by atomic mass is 35.5. The second-order valence-corrected chi connectivity index (χ2v) is 9.44. The SMILES string of the molecule is ClCCCCCCCCC=CCCCOCOCOCCCC=CCCCCCCCCCl. The van der Waals surface area contributed by atoms with Crippen molar-refractivity contribution in [1.29, 1.82) is 0 Å². The maximum atomic E-state index is 5.68. The van der Waals surface area contributed by atoms with Gasteiger partial charge >= 0.3 is 0 Å². The maximum Gasteiger partial charge on any atom is 0.149 e. The van der Waals surface area contributed by atoms with E-state index in [1.165, 1.54) is 77.0 Å². The smallest absolute Gasteiger partial charge is 0.149 e. The first kappa shape index (κ1) is 32.9. The Morgan fingerprint density at radius 2 is 0.697 bits per heavy atom. The van der Waals surface area contributed by atoms with Gasteiger partial charge in [-0.1, -0.05) is 75.7 Å². The molecular formula is C28H52Cl2O3. The zero-order chi connectivity index (χ0) is 23.9. The van der Waals surface area contributed by atoms with Crippen LogP contribution in [0, 0.1) is 0 Å². The molecule has 0 saturated carbocycles. The van der Waals surface area contributed by atoms with E-state index in [0.29, 0.717) is 13.6 Å². The molecular weight excluding hydrogens is 455 g/mol. The van der Waals surface area contributed by atoms with Crippen LogP contribution in [0.2, 0.25) is 0 Å². The zero-order valence-electron chi connectivity index (χ0n) is 21.3. The minimum absolute atomic E-state index is 0.319. The summed E-state index contributed by atoms with van der Waals surface area (Å²) in [6.07, 6.45) is 31.3. The minimum atomic E-state index is 0.319. The Bertz CT molecular complexity index is 367. The standard InChI is InChI=1S/C28H52Cl2O3/c29-23-19-15-11-7-3-1-5-9-13-17-21-25-31-27-33-28-32-26-22-18-14-10-6-2-4-8-12-16-20-24-30/h9-10,13-14H,1-8,11-12,15-28H2. The number of ether oxygens (including phenoxy) is 3. The van der Waals surface area contributed by atoms with Crippen LogP contribution in [0.15, 0.2) is 24.3 Å². The van der Waals surface area contributed by atoms with Crippen LogP contribution in [-0.2, 0) is 14.2 Å². The number of halogens is 2. The fraction of sp³-hybridized carbons (Fsp3) is 0.857. The fourth-order valence-electron chi connectivity index (χ4n) is 3.48. The normalized spacial score (nSPS) is 11.9. The number of alkyl halides is 2. The fourth-order valence-corrected chi connectivity index (χ4v) is 3.85. The number of allylic oxidation sites excluding steroid dienone is 4. The Labute approximate surface area is 215 Å². The Morgan fingerprint density at radius 3 is 1.09 bits per heavy atom. The van der Waals surface area contributed by atoms with E-state index >= 15 is 0 Å². The lowest BCUT2D eigenvalue weighted by Gasteiger charge is -2.06. The van der Waals surface area contributed by atoms with Crippen molar-refractivity contribution in [2.24, 2.45) is 0 Å². The number of hydrogen-bond acceptors (Lipinski definition) is 3. The van der Waals surface area contributed by atoms with Gasteiger partial charge in [0.1, 0.15) is 13.6 Å². The van der Waals surface area contributed by atoms with Gasteiger partial charge in [0.05, 0.1) is 0 Å². The van der Waals surface area contributed by atoms with Crippen LogP contribution in [0.1, 0.15) is 116 Å². The molecule has 0 heterocycles. The molecule has 0 radical (unpaired) electrons. The second kappa shape index (κ2) is 31.9. The molecule has 0 aliphatic carbocycles. The molecule has 0 aromatic heterocycles.